The fourth-order valence-corrected chi connectivity index (χ4v) is 10.7. The van der Waals surface area contributed by atoms with Gasteiger partial charge in [-0.2, -0.15) is 0 Å². The fraction of sp³-hybridized carbons (Fsp3) is 0.737. The Labute approximate surface area is 531 Å². The number of unbranched alkanes of at least 4 members (excludes halogenated alkanes) is 32. The Balaban J connectivity index is 5.11. The van der Waals surface area contributed by atoms with E-state index in [0.29, 0.717) is 23.9 Å². The standard InChI is InChI=1S/C76H135N2O7P/c1-7-10-13-16-19-22-25-28-30-32-34-36-38-39-41-43-45-47-49-51-54-57-60-63-66-69-76(80)85-74(67-64-61-58-55-52-27-24-21-18-15-12-9-3)73(72-84-86(81,82)83-71-70-78(4,5)6)77-75(79)68-65-62-59-56-53-50-48-46-44-42-40-37-35-33-31-29-26-23-20-17-14-11-8-2/h10,13,19-20,22-23,28-31,34,36,39,41,45,47,64,67,73-74H,7-9,11-12,14-18,21,24-27,32-33,35,37-38,40,42-44,46,48-63,65-66,68-72H2,1-6H3,(H-,77,79,81,82)/b13-10-,22-19-,23-20-,30-28-,31-29-,36-34-,41-39-,47-45-,67-64+. The zero-order chi connectivity index (χ0) is 62.8. The van der Waals surface area contributed by atoms with E-state index in [2.05, 4.69) is 123 Å². The molecular formula is C76H135N2O7P. The van der Waals surface area contributed by atoms with Crippen molar-refractivity contribution < 1.29 is 37.3 Å². The Bertz CT molecular complexity index is 1840. The lowest BCUT2D eigenvalue weighted by Gasteiger charge is -2.30. The number of hydrogen-bond acceptors (Lipinski definition) is 7. The molecular weight excluding hydrogens is 1080 g/mol. The number of likely N-dealkylation sites (N-methyl/N-ethyl adjacent to an activating group) is 1. The second kappa shape index (κ2) is 64.6. The molecule has 0 aromatic carbocycles. The van der Waals surface area contributed by atoms with Crippen molar-refractivity contribution in [3.63, 3.8) is 0 Å². The van der Waals surface area contributed by atoms with E-state index in [-0.39, 0.29) is 24.9 Å². The molecule has 0 fully saturated rings. The second-order valence-electron chi connectivity index (χ2n) is 25.0. The van der Waals surface area contributed by atoms with Crippen molar-refractivity contribution in [1.82, 2.24) is 5.32 Å². The zero-order valence-corrected chi connectivity index (χ0v) is 57.6. The number of allylic oxidation sites excluding steroid dienone is 17. The molecule has 0 heterocycles. The van der Waals surface area contributed by atoms with Crippen LogP contribution < -0.4 is 10.2 Å². The van der Waals surface area contributed by atoms with Gasteiger partial charge in [-0.1, -0.05) is 291 Å². The average Bonchev–Trinajstić information content (AvgIpc) is 3.65. The van der Waals surface area contributed by atoms with E-state index in [4.69, 9.17) is 13.8 Å². The summed E-state index contributed by atoms with van der Waals surface area (Å²) in [6.07, 6.45) is 89.2. The van der Waals surface area contributed by atoms with Gasteiger partial charge >= 0.3 is 5.97 Å². The Morgan fingerprint density at radius 2 is 0.744 bits per heavy atom. The fourth-order valence-electron chi connectivity index (χ4n) is 9.97. The van der Waals surface area contributed by atoms with Crippen LogP contribution in [0.4, 0.5) is 0 Å². The largest absolute Gasteiger partial charge is 0.756 e. The molecule has 0 bridgehead atoms. The Hall–Kier alpha value is -3.33. The molecule has 0 aliphatic heterocycles. The summed E-state index contributed by atoms with van der Waals surface area (Å²) in [5.74, 6) is -0.557. The molecule has 0 aromatic rings. The number of esters is 1. The van der Waals surface area contributed by atoms with Crippen LogP contribution >= 0.6 is 7.82 Å². The molecule has 0 spiro atoms. The number of ether oxygens (including phenoxy) is 1. The summed E-state index contributed by atoms with van der Waals surface area (Å²) in [4.78, 5) is 40.2. The topological polar surface area (TPSA) is 114 Å². The van der Waals surface area contributed by atoms with Crippen LogP contribution in [0, 0.1) is 0 Å². The van der Waals surface area contributed by atoms with Crippen LogP contribution in [-0.4, -0.2) is 69.4 Å². The SMILES string of the molecule is CC/C=C\C/C=C\C/C=C\C/C=C\C/C=C\C/C=C\CCCCCCCCC(=O)OC(/C=C/CCCCCCCCCCCC)C(COP(=O)([O-])OCC[N+](C)(C)C)NC(=O)CCCCCCCCCCCCCCC/C=C\C/C=C\CCCCC. The summed E-state index contributed by atoms with van der Waals surface area (Å²) in [6.45, 7) is 6.71. The average molecular weight is 1220 g/mol. The minimum absolute atomic E-state index is 0.0293. The highest BCUT2D eigenvalue weighted by molar-refractivity contribution is 7.45. The Morgan fingerprint density at radius 1 is 0.419 bits per heavy atom. The molecule has 1 amide bonds. The van der Waals surface area contributed by atoms with Crippen LogP contribution in [0.3, 0.4) is 0 Å². The molecule has 9 nitrogen and oxygen atoms in total. The number of carbonyl (C=O) groups excluding carboxylic acids is 2. The van der Waals surface area contributed by atoms with E-state index in [1.54, 1.807) is 0 Å². The number of rotatable bonds is 64. The van der Waals surface area contributed by atoms with Crippen molar-refractivity contribution >= 4 is 19.7 Å². The first-order valence-electron chi connectivity index (χ1n) is 35.7. The van der Waals surface area contributed by atoms with Crippen LogP contribution in [-0.2, 0) is 27.9 Å². The summed E-state index contributed by atoms with van der Waals surface area (Å²) in [5.41, 5.74) is 0. The molecule has 496 valence electrons. The maximum absolute atomic E-state index is 13.6. The van der Waals surface area contributed by atoms with Crippen LogP contribution in [0.25, 0.3) is 0 Å². The number of nitrogens with zero attached hydrogens (tertiary/aromatic N) is 1. The lowest BCUT2D eigenvalue weighted by Crippen LogP contribution is -2.47. The summed E-state index contributed by atoms with van der Waals surface area (Å²) in [5, 5.41) is 3.04. The molecule has 0 aromatic heterocycles. The van der Waals surface area contributed by atoms with E-state index in [1.165, 1.54) is 148 Å². The van der Waals surface area contributed by atoms with E-state index in [1.807, 2.05) is 33.3 Å². The number of carbonyl (C=O) groups is 2. The summed E-state index contributed by atoms with van der Waals surface area (Å²) < 4.78 is 30.4. The first-order valence-corrected chi connectivity index (χ1v) is 37.2. The molecule has 0 aliphatic carbocycles. The first kappa shape index (κ1) is 82.7. The molecule has 0 aliphatic rings. The molecule has 0 radical (unpaired) electrons. The highest BCUT2D eigenvalue weighted by Gasteiger charge is 2.27. The van der Waals surface area contributed by atoms with Crippen LogP contribution in [0.2, 0.25) is 0 Å². The Kier molecular flexibility index (Phi) is 62.1. The van der Waals surface area contributed by atoms with Gasteiger partial charge in [0, 0.05) is 12.8 Å². The van der Waals surface area contributed by atoms with Gasteiger partial charge in [0.15, 0.2) is 0 Å². The van der Waals surface area contributed by atoms with Crippen molar-refractivity contribution in [3.8, 4) is 0 Å². The van der Waals surface area contributed by atoms with Crippen molar-refractivity contribution in [3.05, 3.63) is 109 Å². The van der Waals surface area contributed by atoms with Crippen LogP contribution in [0.5, 0.6) is 0 Å². The van der Waals surface area contributed by atoms with E-state index in [0.717, 1.165) is 122 Å². The predicted octanol–water partition coefficient (Wildman–Crippen LogP) is 22.2. The van der Waals surface area contributed by atoms with Crippen molar-refractivity contribution in [1.29, 1.82) is 0 Å². The van der Waals surface area contributed by atoms with E-state index >= 15 is 0 Å². The number of hydrogen-bond donors (Lipinski definition) is 1. The van der Waals surface area contributed by atoms with Crippen LogP contribution in [0.1, 0.15) is 310 Å². The highest BCUT2D eigenvalue weighted by Crippen LogP contribution is 2.38. The van der Waals surface area contributed by atoms with Gasteiger partial charge in [0.05, 0.1) is 33.8 Å². The van der Waals surface area contributed by atoms with Gasteiger partial charge in [-0.15, -0.1) is 0 Å². The quantitative estimate of drug-likeness (QED) is 0.0212. The lowest BCUT2D eigenvalue weighted by molar-refractivity contribution is -0.870. The summed E-state index contributed by atoms with van der Waals surface area (Å²) in [6, 6.07) is -0.902. The predicted molar refractivity (Wildman–Crippen MR) is 371 cm³/mol. The number of phosphoric acid groups is 1. The third-order valence-corrected chi connectivity index (χ3v) is 16.4. The van der Waals surface area contributed by atoms with Gasteiger partial charge in [0.25, 0.3) is 7.82 Å². The van der Waals surface area contributed by atoms with Gasteiger partial charge in [0.2, 0.25) is 5.91 Å². The molecule has 0 saturated heterocycles. The molecule has 86 heavy (non-hydrogen) atoms. The third-order valence-electron chi connectivity index (χ3n) is 15.4. The zero-order valence-electron chi connectivity index (χ0n) is 56.7. The molecule has 1 N–H and O–H groups in total. The van der Waals surface area contributed by atoms with Crippen molar-refractivity contribution in [2.75, 3.05) is 40.9 Å². The van der Waals surface area contributed by atoms with Gasteiger partial charge in [-0.25, -0.2) is 0 Å². The number of amides is 1. The third kappa shape index (κ3) is 65.1. The maximum Gasteiger partial charge on any atom is 0.306 e. The number of phosphoric ester groups is 1. The van der Waals surface area contributed by atoms with Gasteiger partial charge in [-0.05, 0) is 115 Å². The Morgan fingerprint density at radius 3 is 1.14 bits per heavy atom. The maximum atomic E-state index is 13.6. The van der Waals surface area contributed by atoms with Gasteiger partial charge < -0.3 is 28.5 Å². The van der Waals surface area contributed by atoms with Crippen LogP contribution in [0.15, 0.2) is 109 Å². The minimum Gasteiger partial charge on any atom is -0.756 e. The molecule has 3 atom stereocenters. The highest BCUT2D eigenvalue weighted by atomic mass is 31.2. The number of nitrogens with one attached hydrogen (secondary N) is 1. The molecule has 0 rings (SSSR count). The van der Waals surface area contributed by atoms with Gasteiger partial charge in [0.1, 0.15) is 19.3 Å². The first-order chi connectivity index (χ1) is 41.9. The molecule has 10 heteroatoms. The van der Waals surface area contributed by atoms with E-state index in [9.17, 15) is 19.0 Å². The summed E-state index contributed by atoms with van der Waals surface area (Å²) >= 11 is 0. The van der Waals surface area contributed by atoms with Gasteiger partial charge in [-0.3, -0.25) is 14.2 Å². The van der Waals surface area contributed by atoms with Crippen molar-refractivity contribution in [2.45, 2.75) is 322 Å². The second-order valence-corrected chi connectivity index (χ2v) is 26.4. The lowest BCUT2D eigenvalue weighted by atomic mass is 10.0. The van der Waals surface area contributed by atoms with Crippen molar-refractivity contribution in [2.24, 2.45) is 0 Å². The normalized spacial score (nSPS) is 14.2. The molecule has 3 unspecified atom stereocenters. The smallest absolute Gasteiger partial charge is 0.306 e. The van der Waals surface area contributed by atoms with E-state index < -0.39 is 26.6 Å². The molecule has 0 saturated carbocycles. The monoisotopic (exact) mass is 1220 g/mol. The number of quaternary nitrogens is 1. The minimum atomic E-state index is -4.71. The summed E-state index contributed by atoms with van der Waals surface area (Å²) in [7, 11) is 1.17.